The summed E-state index contributed by atoms with van der Waals surface area (Å²) in [4.78, 5) is 17.8. The summed E-state index contributed by atoms with van der Waals surface area (Å²) < 4.78 is 0. The lowest BCUT2D eigenvalue weighted by Crippen LogP contribution is -2.04. The van der Waals surface area contributed by atoms with Gasteiger partial charge < -0.3 is 11.1 Å². The van der Waals surface area contributed by atoms with E-state index in [0.29, 0.717) is 0 Å². The molecule has 7 heteroatoms. The molecule has 7 nitrogen and oxygen atoms in total. The maximum Gasteiger partial charge on any atom is 0.329 e. The molecule has 0 spiro atoms. The average molecular weight is 259 g/mol. The fourth-order valence-corrected chi connectivity index (χ4v) is 1.80. The van der Waals surface area contributed by atoms with Gasteiger partial charge in [-0.1, -0.05) is 6.07 Å². The Bertz CT molecular complexity index is 622. The molecule has 0 saturated heterocycles. The number of aryl methyl sites for hydroxylation is 2. The van der Waals surface area contributed by atoms with Gasteiger partial charge in [-0.25, -0.2) is 4.98 Å². The molecule has 0 unspecified atom stereocenters. The summed E-state index contributed by atoms with van der Waals surface area (Å²) in [6.45, 7) is 3.89. The van der Waals surface area contributed by atoms with Crippen LogP contribution in [0.3, 0.4) is 0 Å². The zero-order valence-electron chi connectivity index (χ0n) is 10.5. The second-order valence-electron chi connectivity index (χ2n) is 4.22. The van der Waals surface area contributed by atoms with Crippen molar-refractivity contribution in [3.8, 4) is 0 Å². The molecule has 0 atom stereocenters. The first kappa shape index (κ1) is 12.7. The Hall–Kier alpha value is -2.70. The SMILES string of the molecule is Cc1cc(C)cc(Nc2nc(N)ncc2[N+](=O)[O-])c1. The quantitative estimate of drug-likeness (QED) is 0.647. The number of nitrogens with two attached hydrogens (primary N) is 1. The molecular formula is C12H13N5O2. The summed E-state index contributed by atoms with van der Waals surface area (Å²) in [5.41, 5.74) is 8.06. The second kappa shape index (κ2) is 4.89. The van der Waals surface area contributed by atoms with Gasteiger partial charge in [0.25, 0.3) is 0 Å². The molecule has 1 aromatic heterocycles. The molecule has 0 amide bonds. The third-order valence-electron chi connectivity index (χ3n) is 2.47. The van der Waals surface area contributed by atoms with Crippen LogP contribution in [-0.4, -0.2) is 14.9 Å². The molecule has 0 aliphatic carbocycles. The first-order valence-corrected chi connectivity index (χ1v) is 5.58. The number of nitro groups is 1. The Balaban J connectivity index is 2.42. The molecular weight excluding hydrogens is 246 g/mol. The van der Waals surface area contributed by atoms with Gasteiger partial charge in [0.15, 0.2) is 0 Å². The zero-order valence-corrected chi connectivity index (χ0v) is 10.5. The van der Waals surface area contributed by atoms with Crippen LogP contribution in [0.5, 0.6) is 0 Å². The Kier molecular flexibility index (Phi) is 3.28. The van der Waals surface area contributed by atoms with Gasteiger partial charge in [0.2, 0.25) is 11.8 Å². The predicted molar refractivity (Wildman–Crippen MR) is 72.3 cm³/mol. The van der Waals surface area contributed by atoms with Gasteiger partial charge >= 0.3 is 5.69 Å². The summed E-state index contributed by atoms with van der Waals surface area (Å²) in [5.74, 6) is 0.0694. The molecule has 0 aliphatic rings. The van der Waals surface area contributed by atoms with Crippen molar-refractivity contribution < 1.29 is 4.92 Å². The third-order valence-corrected chi connectivity index (χ3v) is 2.47. The maximum atomic E-state index is 10.9. The Morgan fingerprint density at radius 1 is 1.26 bits per heavy atom. The molecule has 1 heterocycles. The first-order valence-electron chi connectivity index (χ1n) is 5.58. The average Bonchev–Trinajstić information content (AvgIpc) is 2.26. The zero-order chi connectivity index (χ0) is 14.0. The van der Waals surface area contributed by atoms with E-state index in [1.54, 1.807) is 0 Å². The van der Waals surface area contributed by atoms with Gasteiger partial charge in [-0.3, -0.25) is 10.1 Å². The summed E-state index contributed by atoms with van der Waals surface area (Å²) >= 11 is 0. The monoisotopic (exact) mass is 259 g/mol. The molecule has 0 bridgehead atoms. The van der Waals surface area contributed by atoms with E-state index in [0.717, 1.165) is 23.0 Å². The largest absolute Gasteiger partial charge is 0.368 e. The van der Waals surface area contributed by atoms with E-state index in [1.165, 1.54) is 0 Å². The molecule has 98 valence electrons. The van der Waals surface area contributed by atoms with Crippen LogP contribution in [0.4, 0.5) is 23.1 Å². The number of hydrogen-bond donors (Lipinski definition) is 2. The van der Waals surface area contributed by atoms with E-state index in [1.807, 2.05) is 32.0 Å². The van der Waals surface area contributed by atoms with Crippen LogP contribution in [-0.2, 0) is 0 Å². The molecule has 2 rings (SSSR count). The molecule has 0 aliphatic heterocycles. The number of anilines is 3. The van der Waals surface area contributed by atoms with Gasteiger partial charge in [0, 0.05) is 5.69 Å². The van der Waals surface area contributed by atoms with Crippen molar-refractivity contribution in [2.75, 3.05) is 11.1 Å². The Morgan fingerprint density at radius 2 is 1.89 bits per heavy atom. The molecule has 3 N–H and O–H groups in total. The van der Waals surface area contributed by atoms with Crippen molar-refractivity contribution in [2.24, 2.45) is 0 Å². The van der Waals surface area contributed by atoms with Crippen molar-refractivity contribution in [2.45, 2.75) is 13.8 Å². The third kappa shape index (κ3) is 2.95. The molecule has 1 aromatic carbocycles. The number of aromatic nitrogens is 2. The lowest BCUT2D eigenvalue weighted by molar-refractivity contribution is -0.384. The minimum Gasteiger partial charge on any atom is -0.368 e. The minimum atomic E-state index is -0.551. The van der Waals surface area contributed by atoms with Gasteiger partial charge in [0.05, 0.1) is 4.92 Å². The number of benzene rings is 1. The number of hydrogen-bond acceptors (Lipinski definition) is 6. The summed E-state index contributed by atoms with van der Waals surface area (Å²) in [5, 5.41) is 13.8. The number of nitrogen functional groups attached to an aromatic ring is 1. The summed E-state index contributed by atoms with van der Waals surface area (Å²) in [6, 6.07) is 5.75. The molecule has 0 saturated carbocycles. The fraction of sp³-hybridized carbons (Fsp3) is 0.167. The van der Waals surface area contributed by atoms with E-state index in [4.69, 9.17) is 5.73 Å². The van der Waals surface area contributed by atoms with Crippen LogP contribution in [0, 0.1) is 24.0 Å². The van der Waals surface area contributed by atoms with E-state index < -0.39 is 4.92 Å². The van der Waals surface area contributed by atoms with Crippen LogP contribution in [0.25, 0.3) is 0 Å². The van der Waals surface area contributed by atoms with E-state index >= 15 is 0 Å². The highest BCUT2D eigenvalue weighted by molar-refractivity contribution is 5.66. The first-order chi connectivity index (χ1) is 8.95. The van der Waals surface area contributed by atoms with E-state index in [2.05, 4.69) is 15.3 Å². The predicted octanol–water partition coefficient (Wildman–Crippen LogP) is 2.33. The topological polar surface area (TPSA) is 107 Å². The van der Waals surface area contributed by atoms with Crippen LogP contribution in [0.15, 0.2) is 24.4 Å². The van der Waals surface area contributed by atoms with Crippen LogP contribution in [0.2, 0.25) is 0 Å². The number of nitrogens with one attached hydrogen (secondary N) is 1. The lowest BCUT2D eigenvalue weighted by atomic mass is 10.1. The van der Waals surface area contributed by atoms with Crippen molar-refractivity contribution in [1.82, 2.24) is 9.97 Å². The van der Waals surface area contributed by atoms with Crippen molar-refractivity contribution in [3.05, 3.63) is 45.6 Å². The van der Waals surface area contributed by atoms with Gasteiger partial charge in [-0.2, -0.15) is 4.98 Å². The molecule has 0 radical (unpaired) electrons. The van der Waals surface area contributed by atoms with Crippen molar-refractivity contribution >= 4 is 23.1 Å². The van der Waals surface area contributed by atoms with Gasteiger partial charge in [-0.05, 0) is 37.1 Å². The van der Waals surface area contributed by atoms with Gasteiger partial charge in [0.1, 0.15) is 6.20 Å². The van der Waals surface area contributed by atoms with E-state index in [9.17, 15) is 10.1 Å². The second-order valence-corrected chi connectivity index (χ2v) is 4.22. The van der Waals surface area contributed by atoms with Crippen molar-refractivity contribution in [3.63, 3.8) is 0 Å². The van der Waals surface area contributed by atoms with Gasteiger partial charge in [-0.15, -0.1) is 0 Å². The van der Waals surface area contributed by atoms with Crippen LogP contribution < -0.4 is 11.1 Å². The summed E-state index contributed by atoms with van der Waals surface area (Å²) in [6.07, 6.45) is 1.09. The fourth-order valence-electron chi connectivity index (χ4n) is 1.80. The minimum absolute atomic E-state index is 0.0162. The highest BCUT2D eigenvalue weighted by atomic mass is 16.6. The molecule has 0 fully saturated rings. The molecule has 2 aromatic rings. The van der Waals surface area contributed by atoms with Crippen LogP contribution >= 0.6 is 0 Å². The maximum absolute atomic E-state index is 10.9. The Morgan fingerprint density at radius 3 is 2.47 bits per heavy atom. The summed E-state index contributed by atoms with van der Waals surface area (Å²) in [7, 11) is 0. The van der Waals surface area contributed by atoms with Crippen molar-refractivity contribution in [1.29, 1.82) is 0 Å². The lowest BCUT2D eigenvalue weighted by Gasteiger charge is -2.08. The molecule has 19 heavy (non-hydrogen) atoms. The highest BCUT2D eigenvalue weighted by Gasteiger charge is 2.16. The smallest absolute Gasteiger partial charge is 0.329 e. The number of rotatable bonds is 3. The Labute approximate surface area is 109 Å². The highest BCUT2D eigenvalue weighted by Crippen LogP contribution is 2.26. The standard InChI is InChI=1S/C12H13N5O2/c1-7-3-8(2)5-9(4-7)15-11-10(17(18)19)6-14-12(13)16-11/h3-6H,1-2H3,(H3,13,14,15,16). The van der Waals surface area contributed by atoms with E-state index in [-0.39, 0.29) is 17.5 Å². The van der Waals surface area contributed by atoms with Crippen LogP contribution in [0.1, 0.15) is 11.1 Å². The number of nitrogens with zero attached hydrogens (tertiary/aromatic N) is 3. The normalized spacial score (nSPS) is 10.2.